The topological polar surface area (TPSA) is 75.1 Å². The highest BCUT2D eigenvalue weighted by Gasteiger charge is 2.09. The minimum absolute atomic E-state index is 0.191. The second kappa shape index (κ2) is 6.76. The number of aromatic amines is 1. The number of nitrogens with one attached hydrogen (secondary N) is 2. The van der Waals surface area contributed by atoms with Gasteiger partial charge in [0.1, 0.15) is 0 Å². The molecule has 3 aromatic rings. The van der Waals surface area contributed by atoms with Gasteiger partial charge in [-0.05, 0) is 31.5 Å². The Morgan fingerprint density at radius 3 is 2.92 bits per heavy atom. The van der Waals surface area contributed by atoms with E-state index < -0.39 is 0 Å². The van der Waals surface area contributed by atoms with Gasteiger partial charge in [0.05, 0.1) is 35.4 Å². The van der Waals surface area contributed by atoms with Gasteiger partial charge in [0, 0.05) is 24.1 Å². The lowest BCUT2D eigenvalue weighted by Gasteiger charge is -2.04. The van der Waals surface area contributed by atoms with Crippen LogP contribution in [0.25, 0.3) is 10.9 Å². The highest BCUT2D eigenvalue weighted by molar-refractivity contribution is 6.02. The molecule has 0 bridgehead atoms. The van der Waals surface area contributed by atoms with E-state index in [9.17, 15) is 4.79 Å². The number of fused-ring (bicyclic) bond motifs is 1. The zero-order valence-electron chi connectivity index (χ0n) is 14.6. The molecule has 0 fully saturated rings. The monoisotopic (exact) mass is 335 g/mol. The summed E-state index contributed by atoms with van der Waals surface area (Å²) in [5.41, 5.74) is 5.18. The largest absolute Gasteiger partial charge is 0.354 e. The first-order valence-electron chi connectivity index (χ1n) is 8.02. The van der Waals surface area contributed by atoms with Gasteiger partial charge in [-0.1, -0.05) is 18.7 Å². The van der Waals surface area contributed by atoms with E-state index >= 15 is 0 Å². The Labute approximate surface area is 146 Å². The SMILES string of the molecule is C=C(CNC(=O)c1cnn(C)c1)N=C(C)c1cc2c(C)cccc2[nH]1. The van der Waals surface area contributed by atoms with Crippen molar-refractivity contribution >= 4 is 22.5 Å². The van der Waals surface area contributed by atoms with Crippen LogP contribution in [-0.2, 0) is 7.05 Å². The summed E-state index contributed by atoms with van der Waals surface area (Å²) in [6, 6.07) is 8.24. The molecule has 2 heterocycles. The maximum Gasteiger partial charge on any atom is 0.254 e. The summed E-state index contributed by atoms with van der Waals surface area (Å²) in [7, 11) is 1.77. The van der Waals surface area contributed by atoms with E-state index in [-0.39, 0.29) is 12.5 Å². The molecule has 0 spiro atoms. The van der Waals surface area contributed by atoms with Crippen LogP contribution >= 0.6 is 0 Å². The lowest BCUT2D eigenvalue weighted by Crippen LogP contribution is -2.24. The number of carbonyl (C=O) groups is 1. The predicted molar refractivity (Wildman–Crippen MR) is 99.9 cm³/mol. The average molecular weight is 335 g/mol. The molecule has 6 heteroatoms. The molecular formula is C19H21N5O. The Hall–Kier alpha value is -3.15. The number of hydrogen-bond acceptors (Lipinski definition) is 3. The van der Waals surface area contributed by atoms with E-state index in [0.29, 0.717) is 11.3 Å². The van der Waals surface area contributed by atoms with E-state index in [1.165, 1.54) is 17.1 Å². The molecule has 0 radical (unpaired) electrons. The fourth-order valence-corrected chi connectivity index (χ4v) is 2.66. The van der Waals surface area contributed by atoms with Gasteiger partial charge in [-0.15, -0.1) is 0 Å². The third-order valence-electron chi connectivity index (χ3n) is 4.02. The van der Waals surface area contributed by atoms with Crippen molar-refractivity contribution in [2.45, 2.75) is 13.8 Å². The first-order valence-corrected chi connectivity index (χ1v) is 8.02. The van der Waals surface area contributed by atoms with Gasteiger partial charge in [-0.25, -0.2) is 0 Å². The third-order valence-corrected chi connectivity index (χ3v) is 4.02. The second-order valence-electron chi connectivity index (χ2n) is 6.07. The van der Waals surface area contributed by atoms with Gasteiger partial charge in [0.25, 0.3) is 5.91 Å². The first kappa shape index (κ1) is 16.7. The van der Waals surface area contributed by atoms with Crippen molar-refractivity contribution in [2.75, 3.05) is 6.54 Å². The van der Waals surface area contributed by atoms with Crippen molar-refractivity contribution in [2.24, 2.45) is 12.0 Å². The molecular weight excluding hydrogens is 314 g/mol. The summed E-state index contributed by atoms with van der Waals surface area (Å²) >= 11 is 0. The number of rotatable bonds is 5. The van der Waals surface area contributed by atoms with Crippen LogP contribution in [0.5, 0.6) is 0 Å². The smallest absolute Gasteiger partial charge is 0.254 e. The molecule has 0 aliphatic rings. The number of hydrogen-bond donors (Lipinski definition) is 2. The predicted octanol–water partition coefficient (Wildman–Crippen LogP) is 2.96. The number of aryl methyl sites for hydroxylation is 2. The minimum atomic E-state index is -0.191. The molecule has 0 saturated heterocycles. The van der Waals surface area contributed by atoms with E-state index in [2.05, 4.69) is 46.0 Å². The molecule has 25 heavy (non-hydrogen) atoms. The highest BCUT2D eigenvalue weighted by atomic mass is 16.1. The van der Waals surface area contributed by atoms with Crippen LogP contribution in [0.3, 0.4) is 0 Å². The van der Waals surface area contributed by atoms with Crippen molar-refractivity contribution in [3.63, 3.8) is 0 Å². The lowest BCUT2D eigenvalue weighted by molar-refractivity contribution is 0.0957. The van der Waals surface area contributed by atoms with Crippen LogP contribution in [0.4, 0.5) is 0 Å². The van der Waals surface area contributed by atoms with E-state index in [1.807, 2.05) is 19.1 Å². The Morgan fingerprint density at radius 2 is 2.24 bits per heavy atom. The zero-order chi connectivity index (χ0) is 18.0. The van der Waals surface area contributed by atoms with Crippen molar-refractivity contribution in [1.82, 2.24) is 20.1 Å². The minimum Gasteiger partial charge on any atom is -0.354 e. The molecule has 3 rings (SSSR count). The van der Waals surface area contributed by atoms with Crippen LogP contribution in [0, 0.1) is 6.92 Å². The van der Waals surface area contributed by atoms with Gasteiger partial charge in [-0.3, -0.25) is 14.5 Å². The molecule has 2 aromatic heterocycles. The van der Waals surface area contributed by atoms with Crippen molar-refractivity contribution in [3.8, 4) is 0 Å². The molecule has 1 amide bonds. The van der Waals surface area contributed by atoms with Crippen LogP contribution in [-0.4, -0.2) is 32.9 Å². The zero-order valence-corrected chi connectivity index (χ0v) is 14.6. The normalized spacial score (nSPS) is 11.7. The van der Waals surface area contributed by atoms with Crippen LogP contribution < -0.4 is 5.32 Å². The summed E-state index contributed by atoms with van der Waals surface area (Å²) in [6.45, 7) is 8.22. The maximum absolute atomic E-state index is 12.0. The number of H-pyrrole nitrogens is 1. The Morgan fingerprint density at radius 1 is 1.44 bits per heavy atom. The Bertz CT molecular complexity index is 977. The number of nitrogens with zero attached hydrogens (tertiary/aromatic N) is 3. The lowest BCUT2D eigenvalue weighted by atomic mass is 10.1. The van der Waals surface area contributed by atoms with Gasteiger partial charge >= 0.3 is 0 Å². The standard InChI is InChI=1S/C19H21N5O/c1-12-6-5-7-17-16(12)8-18(23-17)14(3)22-13(2)9-20-19(25)15-10-21-24(4)11-15/h5-8,10-11,23H,2,9H2,1,3-4H3,(H,20,25). The van der Waals surface area contributed by atoms with Crippen LogP contribution in [0.15, 0.2) is 53.9 Å². The van der Waals surface area contributed by atoms with E-state index in [4.69, 9.17) is 0 Å². The Kier molecular flexibility index (Phi) is 4.52. The number of amides is 1. The summed E-state index contributed by atoms with van der Waals surface area (Å²) in [4.78, 5) is 19.9. The third kappa shape index (κ3) is 3.68. The molecule has 2 N–H and O–H groups in total. The summed E-state index contributed by atoms with van der Waals surface area (Å²) in [5, 5.41) is 7.96. The van der Waals surface area contributed by atoms with Crippen molar-refractivity contribution in [3.05, 3.63) is 65.8 Å². The van der Waals surface area contributed by atoms with Gasteiger partial charge in [-0.2, -0.15) is 5.10 Å². The van der Waals surface area contributed by atoms with Gasteiger partial charge in [0.15, 0.2) is 0 Å². The molecule has 0 aliphatic heterocycles. The quantitative estimate of drug-likeness (QED) is 0.703. The molecule has 0 unspecified atom stereocenters. The fraction of sp³-hybridized carbons (Fsp3) is 0.211. The molecule has 6 nitrogen and oxygen atoms in total. The molecule has 128 valence electrons. The summed E-state index contributed by atoms with van der Waals surface area (Å²) < 4.78 is 1.59. The first-order chi connectivity index (χ1) is 11.9. The van der Waals surface area contributed by atoms with Crippen molar-refractivity contribution in [1.29, 1.82) is 0 Å². The average Bonchev–Trinajstić information content (AvgIpc) is 3.19. The molecule has 1 aromatic carbocycles. The molecule has 0 aliphatic carbocycles. The molecule has 0 saturated carbocycles. The maximum atomic E-state index is 12.0. The number of aromatic nitrogens is 3. The second-order valence-corrected chi connectivity index (χ2v) is 6.07. The van der Waals surface area contributed by atoms with Crippen molar-refractivity contribution < 1.29 is 4.79 Å². The number of aliphatic imine (C=N–C) groups is 1. The summed E-state index contributed by atoms with van der Waals surface area (Å²) in [5.74, 6) is -0.191. The molecule has 0 atom stereocenters. The Balaban J connectivity index is 1.67. The van der Waals surface area contributed by atoms with E-state index in [0.717, 1.165) is 16.9 Å². The number of benzene rings is 1. The van der Waals surface area contributed by atoms with Gasteiger partial charge in [0.2, 0.25) is 0 Å². The fourth-order valence-electron chi connectivity index (χ4n) is 2.66. The van der Waals surface area contributed by atoms with Crippen LogP contribution in [0.1, 0.15) is 28.5 Å². The number of carbonyl (C=O) groups excluding carboxylic acids is 1. The van der Waals surface area contributed by atoms with E-state index in [1.54, 1.807) is 17.9 Å². The highest BCUT2D eigenvalue weighted by Crippen LogP contribution is 2.19. The summed E-state index contributed by atoms with van der Waals surface area (Å²) in [6.07, 6.45) is 3.19. The van der Waals surface area contributed by atoms with Gasteiger partial charge < -0.3 is 10.3 Å². The van der Waals surface area contributed by atoms with Crippen LogP contribution in [0.2, 0.25) is 0 Å².